The van der Waals surface area contributed by atoms with Crippen LogP contribution in [0.4, 0.5) is 5.69 Å². The van der Waals surface area contributed by atoms with E-state index in [4.69, 9.17) is 4.74 Å². The third kappa shape index (κ3) is 6.35. The lowest BCUT2D eigenvalue weighted by atomic mass is 10.2. The van der Waals surface area contributed by atoms with Gasteiger partial charge in [-0.15, -0.1) is 0 Å². The van der Waals surface area contributed by atoms with Gasteiger partial charge in [0.15, 0.2) is 0 Å². The third-order valence-corrected chi connectivity index (χ3v) is 6.35. The van der Waals surface area contributed by atoms with Gasteiger partial charge in [0.1, 0.15) is 5.75 Å². The maximum Gasteiger partial charge on any atom is 0.242 e. The average Bonchev–Trinajstić information content (AvgIpc) is 2.68. The van der Waals surface area contributed by atoms with E-state index in [9.17, 15) is 13.2 Å². The van der Waals surface area contributed by atoms with Gasteiger partial charge in [0, 0.05) is 25.7 Å². The molecule has 0 heterocycles. The zero-order valence-corrected chi connectivity index (χ0v) is 17.5. The minimum atomic E-state index is -3.46. The van der Waals surface area contributed by atoms with Crippen LogP contribution in [0.3, 0.4) is 0 Å². The van der Waals surface area contributed by atoms with E-state index in [2.05, 4.69) is 5.32 Å². The predicted molar refractivity (Wildman–Crippen MR) is 111 cm³/mol. The first kappa shape index (κ1) is 21.9. The molecule has 2 aromatic carbocycles. The summed E-state index contributed by atoms with van der Waals surface area (Å²) < 4.78 is 31.5. The number of hydrogen-bond donors (Lipinski definition) is 1. The topological polar surface area (TPSA) is 75.7 Å². The molecule has 6 nitrogen and oxygen atoms in total. The number of nitrogens with zero attached hydrogens (tertiary/aromatic N) is 1. The zero-order chi connectivity index (χ0) is 20.6. The molecule has 0 spiro atoms. The van der Waals surface area contributed by atoms with Gasteiger partial charge in [-0.3, -0.25) is 4.79 Å². The molecule has 152 valence electrons. The van der Waals surface area contributed by atoms with Crippen LogP contribution < -0.4 is 10.1 Å². The Labute approximate surface area is 167 Å². The molecule has 2 rings (SSSR count). The zero-order valence-electron chi connectivity index (χ0n) is 16.6. The quantitative estimate of drug-likeness (QED) is 0.611. The Morgan fingerprint density at radius 1 is 1.00 bits per heavy atom. The summed E-state index contributed by atoms with van der Waals surface area (Å²) in [5.74, 6) is 0.688. The Balaban J connectivity index is 1.70. The van der Waals surface area contributed by atoms with Crippen LogP contribution in [0.2, 0.25) is 0 Å². The number of sulfonamides is 1. The van der Waals surface area contributed by atoms with Crippen LogP contribution >= 0.6 is 0 Å². The van der Waals surface area contributed by atoms with Gasteiger partial charge in [0.25, 0.3) is 0 Å². The summed E-state index contributed by atoms with van der Waals surface area (Å²) in [7, 11) is -0.279. The third-order valence-electron chi connectivity index (χ3n) is 4.48. The number of anilines is 1. The Hall–Kier alpha value is -2.38. The molecule has 0 bridgehead atoms. The number of aryl methyl sites for hydroxylation is 1. The van der Waals surface area contributed by atoms with Crippen molar-refractivity contribution in [3.05, 3.63) is 54.1 Å². The molecule has 7 heteroatoms. The molecule has 0 atom stereocenters. The summed E-state index contributed by atoms with van der Waals surface area (Å²) in [6.45, 7) is 2.35. The number of ether oxygens (including phenoxy) is 1. The van der Waals surface area contributed by atoms with Crippen LogP contribution in [0.1, 0.15) is 31.2 Å². The molecule has 1 N–H and O–H groups in total. The molecule has 0 radical (unpaired) electrons. The lowest BCUT2D eigenvalue weighted by Gasteiger charge is -2.17. The SMILES string of the molecule is COc1ccc(NC(=O)CCCCCN(C)S(=O)(=O)c2ccc(C)cc2)cc1. The highest BCUT2D eigenvalue weighted by Crippen LogP contribution is 2.17. The molecule has 0 fully saturated rings. The summed E-state index contributed by atoms with van der Waals surface area (Å²) in [6, 6.07) is 14.0. The van der Waals surface area contributed by atoms with Crippen molar-refractivity contribution in [3.63, 3.8) is 0 Å². The highest BCUT2D eigenvalue weighted by Gasteiger charge is 2.19. The van der Waals surface area contributed by atoms with Crippen LogP contribution in [0.15, 0.2) is 53.4 Å². The highest BCUT2D eigenvalue weighted by molar-refractivity contribution is 7.89. The maximum atomic E-state index is 12.5. The monoisotopic (exact) mass is 404 g/mol. The fraction of sp³-hybridized carbons (Fsp3) is 0.381. The minimum absolute atomic E-state index is 0.0502. The number of unbranched alkanes of at least 4 members (excludes halogenated alkanes) is 2. The molecule has 28 heavy (non-hydrogen) atoms. The molecule has 1 amide bonds. The summed E-state index contributed by atoms with van der Waals surface area (Å²) >= 11 is 0. The molecule has 0 aliphatic rings. The summed E-state index contributed by atoms with van der Waals surface area (Å²) in [4.78, 5) is 12.3. The Kier molecular flexibility index (Phi) is 8.02. The van der Waals surface area contributed by atoms with Crippen LogP contribution in [-0.2, 0) is 14.8 Å². The average molecular weight is 405 g/mol. The van der Waals surface area contributed by atoms with Crippen molar-refractivity contribution in [2.24, 2.45) is 0 Å². The first-order valence-electron chi connectivity index (χ1n) is 9.30. The smallest absolute Gasteiger partial charge is 0.242 e. The second-order valence-electron chi connectivity index (χ2n) is 6.73. The largest absolute Gasteiger partial charge is 0.497 e. The number of carbonyl (C=O) groups is 1. The van der Waals surface area contributed by atoms with E-state index in [1.54, 1.807) is 62.7 Å². The van der Waals surface area contributed by atoms with Gasteiger partial charge < -0.3 is 10.1 Å². The molecule has 0 unspecified atom stereocenters. The van der Waals surface area contributed by atoms with E-state index < -0.39 is 10.0 Å². The van der Waals surface area contributed by atoms with Crippen LogP contribution in [0.5, 0.6) is 5.75 Å². The highest BCUT2D eigenvalue weighted by atomic mass is 32.2. The van der Waals surface area contributed by atoms with E-state index in [0.29, 0.717) is 30.7 Å². The molecule has 0 aliphatic carbocycles. The first-order chi connectivity index (χ1) is 13.3. The standard InChI is InChI=1S/C21H28N2O4S/c1-17-8-14-20(15-9-17)28(25,26)23(2)16-6-4-5-7-21(24)22-18-10-12-19(27-3)13-11-18/h8-15H,4-7,16H2,1-3H3,(H,22,24). The normalized spacial score (nSPS) is 11.4. The maximum absolute atomic E-state index is 12.5. The number of nitrogens with one attached hydrogen (secondary N) is 1. The molecule has 0 aromatic heterocycles. The molecule has 0 saturated heterocycles. The van der Waals surface area contributed by atoms with E-state index in [1.807, 2.05) is 6.92 Å². The van der Waals surface area contributed by atoms with Crippen molar-refractivity contribution in [1.29, 1.82) is 0 Å². The number of benzene rings is 2. The molecular weight excluding hydrogens is 376 g/mol. The van der Waals surface area contributed by atoms with Gasteiger partial charge in [-0.1, -0.05) is 24.1 Å². The van der Waals surface area contributed by atoms with E-state index in [0.717, 1.165) is 23.4 Å². The van der Waals surface area contributed by atoms with Crippen molar-refractivity contribution in [1.82, 2.24) is 4.31 Å². The fourth-order valence-corrected chi connectivity index (χ4v) is 3.91. The van der Waals surface area contributed by atoms with Crippen LogP contribution in [0, 0.1) is 6.92 Å². The first-order valence-corrected chi connectivity index (χ1v) is 10.7. The molecule has 0 saturated carbocycles. The molecule has 0 aliphatic heterocycles. The van der Waals surface area contributed by atoms with Gasteiger partial charge in [-0.2, -0.15) is 0 Å². The predicted octanol–water partition coefficient (Wildman–Crippen LogP) is 3.82. The number of carbonyl (C=O) groups excluding carboxylic acids is 1. The van der Waals surface area contributed by atoms with Gasteiger partial charge in [0.2, 0.25) is 15.9 Å². The number of methoxy groups -OCH3 is 1. The van der Waals surface area contributed by atoms with Crippen molar-refractivity contribution in [3.8, 4) is 5.75 Å². The number of amides is 1. The Morgan fingerprint density at radius 3 is 2.25 bits per heavy atom. The van der Waals surface area contributed by atoms with Crippen LogP contribution in [0.25, 0.3) is 0 Å². The van der Waals surface area contributed by atoms with E-state index in [-0.39, 0.29) is 5.91 Å². The number of hydrogen-bond acceptors (Lipinski definition) is 4. The van der Waals surface area contributed by atoms with Crippen molar-refractivity contribution in [2.45, 2.75) is 37.5 Å². The second-order valence-corrected chi connectivity index (χ2v) is 8.77. The van der Waals surface area contributed by atoms with E-state index >= 15 is 0 Å². The van der Waals surface area contributed by atoms with Gasteiger partial charge in [0.05, 0.1) is 12.0 Å². The van der Waals surface area contributed by atoms with E-state index in [1.165, 1.54) is 4.31 Å². The summed E-state index contributed by atoms with van der Waals surface area (Å²) in [6.07, 6.45) is 2.60. The molecular formula is C21H28N2O4S. The van der Waals surface area contributed by atoms with Gasteiger partial charge in [-0.25, -0.2) is 12.7 Å². The Morgan fingerprint density at radius 2 is 1.64 bits per heavy atom. The van der Waals surface area contributed by atoms with Crippen molar-refractivity contribution < 1.29 is 17.9 Å². The fourth-order valence-electron chi connectivity index (χ4n) is 2.71. The van der Waals surface area contributed by atoms with Crippen molar-refractivity contribution >= 4 is 21.6 Å². The Bertz CT molecular complexity index is 862. The van der Waals surface area contributed by atoms with Crippen LogP contribution in [-0.4, -0.2) is 39.3 Å². The lowest BCUT2D eigenvalue weighted by molar-refractivity contribution is -0.116. The number of rotatable bonds is 10. The van der Waals surface area contributed by atoms with Gasteiger partial charge >= 0.3 is 0 Å². The van der Waals surface area contributed by atoms with Crippen molar-refractivity contribution in [2.75, 3.05) is 26.0 Å². The molecule has 2 aromatic rings. The summed E-state index contributed by atoms with van der Waals surface area (Å²) in [5, 5.41) is 2.84. The lowest BCUT2D eigenvalue weighted by Crippen LogP contribution is -2.28. The minimum Gasteiger partial charge on any atom is -0.497 e. The van der Waals surface area contributed by atoms with Gasteiger partial charge in [-0.05, 0) is 56.2 Å². The second kappa shape index (κ2) is 10.2. The summed E-state index contributed by atoms with van der Waals surface area (Å²) in [5.41, 5.74) is 1.75.